The highest BCUT2D eigenvalue weighted by Gasteiger charge is 2.13. The number of anilines is 3. The van der Waals surface area contributed by atoms with E-state index in [2.05, 4.69) is 10.3 Å². The molecule has 0 radical (unpaired) electrons. The van der Waals surface area contributed by atoms with Crippen LogP contribution in [-0.2, 0) is 0 Å². The predicted molar refractivity (Wildman–Crippen MR) is 71.5 cm³/mol. The summed E-state index contributed by atoms with van der Waals surface area (Å²) in [5.41, 5.74) is 10.9. The quantitative estimate of drug-likeness (QED) is 0.801. The van der Waals surface area contributed by atoms with Gasteiger partial charge in [-0.2, -0.15) is 0 Å². The second kappa shape index (κ2) is 5.12. The smallest absolute Gasteiger partial charge is 0.252 e. The third-order valence-electron chi connectivity index (χ3n) is 2.68. The molecule has 1 amide bonds. The first-order chi connectivity index (χ1) is 9.38. The molecule has 20 heavy (non-hydrogen) atoms. The first kappa shape index (κ1) is 13.7. The van der Waals surface area contributed by atoms with Gasteiger partial charge in [0.1, 0.15) is 17.5 Å². The summed E-state index contributed by atoms with van der Waals surface area (Å²) < 4.78 is 27.2. The minimum absolute atomic E-state index is 0.00820. The van der Waals surface area contributed by atoms with Gasteiger partial charge in [0.15, 0.2) is 0 Å². The number of aromatic nitrogens is 1. The predicted octanol–water partition coefficient (Wildman–Crippen LogP) is 2.09. The second-order valence-electron chi connectivity index (χ2n) is 4.24. The topological polar surface area (TPSA) is 94.0 Å². The van der Waals surface area contributed by atoms with Crippen molar-refractivity contribution in [3.63, 3.8) is 0 Å². The first-order valence-electron chi connectivity index (χ1n) is 5.66. The Hall–Kier alpha value is -2.70. The average molecular weight is 278 g/mol. The molecule has 0 atom stereocenters. The van der Waals surface area contributed by atoms with Crippen molar-refractivity contribution in [3.8, 4) is 0 Å². The molecule has 2 rings (SSSR count). The van der Waals surface area contributed by atoms with E-state index in [0.29, 0.717) is 0 Å². The number of hydrogen-bond acceptors (Lipinski definition) is 4. The summed E-state index contributed by atoms with van der Waals surface area (Å²) in [5.74, 6) is -2.02. The van der Waals surface area contributed by atoms with Gasteiger partial charge in [-0.3, -0.25) is 4.79 Å². The van der Waals surface area contributed by atoms with Crippen LogP contribution in [0.3, 0.4) is 0 Å². The van der Waals surface area contributed by atoms with Gasteiger partial charge in [-0.25, -0.2) is 13.8 Å². The number of aryl methyl sites for hydroxylation is 1. The van der Waals surface area contributed by atoms with Gasteiger partial charge in [0.2, 0.25) is 0 Å². The van der Waals surface area contributed by atoms with Crippen LogP contribution in [-0.4, -0.2) is 10.9 Å². The monoisotopic (exact) mass is 278 g/mol. The Morgan fingerprint density at radius 3 is 2.60 bits per heavy atom. The number of nitrogens with one attached hydrogen (secondary N) is 1. The van der Waals surface area contributed by atoms with Crippen LogP contribution in [0.15, 0.2) is 24.4 Å². The number of nitrogens with zero attached hydrogens (tertiary/aromatic N) is 1. The zero-order chi connectivity index (χ0) is 14.9. The summed E-state index contributed by atoms with van der Waals surface area (Å²) in [5, 5.41) is 2.53. The van der Waals surface area contributed by atoms with Crippen molar-refractivity contribution in [2.24, 2.45) is 5.73 Å². The summed E-state index contributed by atoms with van der Waals surface area (Å²) in [6.45, 7) is 1.44. The molecule has 5 nitrogen and oxygen atoms in total. The van der Waals surface area contributed by atoms with Crippen LogP contribution in [0.5, 0.6) is 0 Å². The van der Waals surface area contributed by atoms with Gasteiger partial charge in [0, 0.05) is 6.07 Å². The van der Waals surface area contributed by atoms with Gasteiger partial charge in [-0.15, -0.1) is 0 Å². The molecule has 5 N–H and O–H groups in total. The standard InChI is InChI=1S/C13H12F2N4O/c1-6-2-10(15)11(4-9(6)14)19-13-8(12(17)20)3-7(16)5-18-13/h2-5H,16H2,1H3,(H2,17,20)(H,18,19). The zero-order valence-corrected chi connectivity index (χ0v) is 10.6. The molecular weight excluding hydrogens is 266 g/mol. The fraction of sp³-hybridized carbons (Fsp3) is 0.0769. The number of carbonyl (C=O) groups excluding carboxylic acids is 1. The van der Waals surface area contributed by atoms with Gasteiger partial charge < -0.3 is 16.8 Å². The summed E-state index contributed by atoms with van der Waals surface area (Å²) in [6.07, 6.45) is 1.28. The van der Waals surface area contributed by atoms with E-state index in [1.165, 1.54) is 19.2 Å². The minimum atomic E-state index is -0.778. The van der Waals surface area contributed by atoms with Gasteiger partial charge >= 0.3 is 0 Å². The number of amides is 1. The van der Waals surface area contributed by atoms with Crippen LogP contribution in [0.1, 0.15) is 15.9 Å². The van der Waals surface area contributed by atoms with Gasteiger partial charge in [-0.05, 0) is 24.6 Å². The Morgan fingerprint density at radius 1 is 1.25 bits per heavy atom. The Labute approximate surface area is 113 Å². The van der Waals surface area contributed by atoms with Gasteiger partial charge in [0.25, 0.3) is 5.91 Å². The van der Waals surface area contributed by atoms with E-state index in [1.54, 1.807) is 0 Å². The lowest BCUT2D eigenvalue weighted by atomic mass is 10.2. The van der Waals surface area contributed by atoms with Crippen molar-refractivity contribution in [2.75, 3.05) is 11.1 Å². The molecule has 7 heteroatoms. The summed E-state index contributed by atoms with van der Waals surface area (Å²) in [4.78, 5) is 15.2. The molecule has 0 fully saturated rings. The number of nitrogen functional groups attached to an aromatic ring is 1. The summed E-state index contributed by atoms with van der Waals surface area (Å²) >= 11 is 0. The highest BCUT2D eigenvalue weighted by Crippen LogP contribution is 2.24. The summed E-state index contributed by atoms with van der Waals surface area (Å²) in [7, 11) is 0. The van der Waals surface area contributed by atoms with E-state index in [9.17, 15) is 13.6 Å². The van der Waals surface area contributed by atoms with Crippen molar-refractivity contribution in [1.82, 2.24) is 4.98 Å². The second-order valence-corrected chi connectivity index (χ2v) is 4.24. The van der Waals surface area contributed by atoms with Crippen LogP contribution < -0.4 is 16.8 Å². The lowest BCUT2D eigenvalue weighted by Crippen LogP contribution is -2.15. The van der Waals surface area contributed by atoms with E-state index < -0.39 is 17.5 Å². The van der Waals surface area contributed by atoms with Crippen LogP contribution >= 0.6 is 0 Å². The number of nitrogens with two attached hydrogens (primary N) is 2. The number of rotatable bonds is 3. The normalized spacial score (nSPS) is 10.3. The highest BCUT2D eigenvalue weighted by atomic mass is 19.1. The van der Waals surface area contributed by atoms with Crippen molar-refractivity contribution in [2.45, 2.75) is 6.92 Å². The van der Waals surface area contributed by atoms with Crippen molar-refractivity contribution >= 4 is 23.1 Å². The maximum Gasteiger partial charge on any atom is 0.252 e. The zero-order valence-electron chi connectivity index (χ0n) is 10.6. The molecule has 2 aromatic rings. The van der Waals surface area contributed by atoms with Gasteiger partial charge in [0.05, 0.1) is 23.1 Å². The molecule has 1 aromatic heterocycles. The maximum absolute atomic E-state index is 13.7. The minimum Gasteiger partial charge on any atom is -0.397 e. The Balaban J connectivity index is 2.45. The molecule has 0 aliphatic rings. The van der Waals surface area contributed by atoms with E-state index in [0.717, 1.165) is 12.1 Å². The largest absolute Gasteiger partial charge is 0.397 e. The first-order valence-corrected chi connectivity index (χ1v) is 5.66. The molecule has 0 saturated heterocycles. The van der Waals surface area contributed by atoms with E-state index >= 15 is 0 Å². The van der Waals surface area contributed by atoms with Crippen molar-refractivity contribution in [1.29, 1.82) is 0 Å². The SMILES string of the molecule is Cc1cc(F)c(Nc2ncc(N)cc2C(N)=O)cc1F. The number of primary amides is 1. The molecule has 104 valence electrons. The highest BCUT2D eigenvalue weighted by molar-refractivity contribution is 5.99. The summed E-state index contributed by atoms with van der Waals surface area (Å²) in [6, 6.07) is 3.33. The lowest BCUT2D eigenvalue weighted by Gasteiger charge is -2.11. The molecule has 1 heterocycles. The molecule has 0 aliphatic carbocycles. The Bertz CT molecular complexity index is 688. The number of halogens is 2. The van der Waals surface area contributed by atoms with Crippen LogP contribution in [0.2, 0.25) is 0 Å². The molecule has 0 saturated carbocycles. The van der Waals surface area contributed by atoms with Crippen molar-refractivity contribution in [3.05, 3.63) is 47.2 Å². The molecule has 0 bridgehead atoms. The fourth-order valence-corrected chi connectivity index (χ4v) is 1.64. The lowest BCUT2D eigenvalue weighted by molar-refractivity contribution is 0.100. The fourth-order valence-electron chi connectivity index (χ4n) is 1.64. The van der Waals surface area contributed by atoms with E-state index in [-0.39, 0.29) is 28.3 Å². The molecule has 0 aliphatic heterocycles. The van der Waals surface area contributed by atoms with Crippen LogP contribution in [0.4, 0.5) is 26.0 Å². The van der Waals surface area contributed by atoms with E-state index in [4.69, 9.17) is 11.5 Å². The average Bonchev–Trinajstić information content (AvgIpc) is 2.37. The van der Waals surface area contributed by atoms with Gasteiger partial charge in [-0.1, -0.05) is 0 Å². The molecule has 0 spiro atoms. The number of hydrogen-bond donors (Lipinski definition) is 3. The molecule has 1 aromatic carbocycles. The Morgan fingerprint density at radius 2 is 1.95 bits per heavy atom. The van der Waals surface area contributed by atoms with Crippen molar-refractivity contribution < 1.29 is 13.6 Å². The number of carbonyl (C=O) groups is 1. The van der Waals surface area contributed by atoms with Crippen LogP contribution in [0.25, 0.3) is 0 Å². The van der Waals surface area contributed by atoms with Crippen LogP contribution in [0, 0.1) is 18.6 Å². The maximum atomic E-state index is 13.7. The number of benzene rings is 1. The van der Waals surface area contributed by atoms with E-state index in [1.807, 2.05) is 0 Å². The number of pyridine rings is 1. The molecule has 0 unspecified atom stereocenters. The third kappa shape index (κ3) is 2.66. The Kier molecular flexibility index (Phi) is 3.51. The third-order valence-corrected chi connectivity index (χ3v) is 2.68. The molecular formula is C13H12F2N4O.